The third kappa shape index (κ3) is 4.48. The van der Waals surface area contributed by atoms with Crippen LogP contribution >= 0.6 is 0 Å². The van der Waals surface area contributed by atoms with Crippen LogP contribution in [0.15, 0.2) is 24.3 Å². The Kier molecular flexibility index (Phi) is 5.27. The second-order valence-electron chi connectivity index (χ2n) is 6.91. The van der Waals surface area contributed by atoms with E-state index in [4.69, 9.17) is 0 Å². The normalized spacial score (nSPS) is 24.7. The highest BCUT2D eigenvalue weighted by Gasteiger charge is 2.30. The van der Waals surface area contributed by atoms with Gasteiger partial charge in [0.1, 0.15) is 0 Å². The summed E-state index contributed by atoms with van der Waals surface area (Å²) in [6.07, 6.45) is 0.436. The summed E-state index contributed by atoms with van der Waals surface area (Å²) in [6, 6.07) is 5.76. The van der Waals surface area contributed by atoms with Crippen LogP contribution in [0.3, 0.4) is 0 Å². The van der Waals surface area contributed by atoms with Crippen molar-refractivity contribution in [3.8, 4) is 0 Å². The Morgan fingerprint density at radius 3 is 2.30 bits per heavy atom. The van der Waals surface area contributed by atoms with E-state index in [0.29, 0.717) is 5.92 Å². The Labute approximate surface area is 136 Å². The summed E-state index contributed by atoms with van der Waals surface area (Å²) >= 11 is 0. The fraction of sp³-hybridized carbons (Fsp3) is 0.667. The maximum Gasteiger partial charge on any atom is 0.416 e. The summed E-state index contributed by atoms with van der Waals surface area (Å²) in [5.74, 6) is 1.16. The lowest BCUT2D eigenvalue weighted by molar-refractivity contribution is -0.137. The number of benzene rings is 1. The molecule has 23 heavy (non-hydrogen) atoms. The van der Waals surface area contributed by atoms with Gasteiger partial charge in [-0.3, -0.25) is 0 Å². The van der Waals surface area contributed by atoms with Crippen molar-refractivity contribution in [2.24, 2.45) is 5.92 Å². The van der Waals surface area contributed by atoms with Gasteiger partial charge in [0.05, 0.1) is 5.56 Å². The van der Waals surface area contributed by atoms with E-state index in [9.17, 15) is 13.2 Å². The second kappa shape index (κ2) is 7.22. The van der Waals surface area contributed by atoms with Gasteiger partial charge in [0, 0.05) is 6.54 Å². The molecular weight excluding hydrogens is 301 g/mol. The van der Waals surface area contributed by atoms with Crippen LogP contribution in [0.5, 0.6) is 0 Å². The lowest BCUT2D eigenvalue weighted by atomic mass is 9.88. The minimum Gasteiger partial charge on any atom is -0.316 e. The van der Waals surface area contributed by atoms with Gasteiger partial charge in [0.15, 0.2) is 0 Å². The van der Waals surface area contributed by atoms with Gasteiger partial charge >= 0.3 is 6.18 Å². The maximum atomic E-state index is 12.6. The van der Waals surface area contributed by atoms with Crippen LogP contribution in [0.25, 0.3) is 0 Å². The molecule has 2 heterocycles. The molecule has 2 nitrogen and oxygen atoms in total. The predicted molar refractivity (Wildman–Crippen MR) is 85.5 cm³/mol. The first-order valence-electron chi connectivity index (χ1n) is 8.62. The van der Waals surface area contributed by atoms with Crippen LogP contribution in [0.4, 0.5) is 13.2 Å². The Morgan fingerprint density at radius 1 is 1.04 bits per heavy atom. The van der Waals surface area contributed by atoms with Gasteiger partial charge in [-0.1, -0.05) is 12.1 Å². The molecule has 0 radical (unpaired) electrons. The summed E-state index contributed by atoms with van der Waals surface area (Å²) in [5, 5.41) is 3.46. The summed E-state index contributed by atoms with van der Waals surface area (Å²) in [4.78, 5) is 2.53. The Morgan fingerprint density at radius 2 is 1.74 bits per heavy atom. The molecule has 1 atom stereocenters. The number of hydrogen-bond acceptors (Lipinski definition) is 2. The van der Waals surface area contributed by atoms with Crippen LogP contribution in [-0.4, -0.2) is 37.6 Å². The maximum absolute atomic E-state index is 12.6. The molecule has 0 bridgehead atoms. The van der Waals surface area contributed by atoms with E-state index in [2.05, 4.69) is 10.2 Å². The number of alkyl halides is 3. The minimum absolute atomic E-state index is 0.401. The van der Waals surface area contributed by atoms with Gasteiger partial charge < -0.3 is 10.2 Å². The molecule has 2 aliphatic rings. The second-order valence-corrected chi connectivity index (χ2v) is 6.91. The molecule has 2 fully saturated rings. The Balaban J connectivity index is 1.50. The topological polar surface area (TPSA) is 15.3 Å². The smallest absolute Gasteiger partial charge is 0.316 e. The molecule has 1 unspecified atom stereocenters. The van der Waals surface area contributed by atoms with E-state index in [1.807, 2.05) is 0 Å². The third-order valence-electron chi connectivity index (χ3n) is 5.21. The largest absolute Gasteiger partial charge is 0.416 e. The van der Waals surface area contributed by atoms with Gasteiger partial charge in [0.2, 0.25) is 0 Å². The lowest BCUT2D eigenvalue weighted by Crippen LogP contribution is -2.41. The van der Waals surface area contributed by atoms with E-state index in [0.717, 1.165) is 57.0 Å². The molecule has 0 aromatic heterocycles. The molecule has 5 heteroatoms. The highest BCUT2D eigenvalue weighted by atomic mass is 19.4. The van der Waals surface area contributed by atoms with Gasteiger partial charge in [-0.05, 0) is 81.4 Å². The first-order chi connectivity index (χ1) is 11.0. The Hall–Kier alpha value is -1.07. The van der Waals surface area contributed by atoms with Gasteiger partial charge in [-0.2, -0.15) is 13.2 Å². The van der Waals surface area contributed by atoms with Crippen molar-refractivity contribution in [1.29, 1.82) is 0 Å². The molecule has 0 saturated carbocycles. The van der Waals surface area contributed by atoms with Crippen LogP contribution < -0.4 is 5.32 Å². The van der Waals surface area contributed by atoms with E-state index < -0.39 is 11.7 Å². The van der Waals surface area contributed by atoms with Crippen LogP contribution in [0.2, 0.25) is 0 Å². The molecule has 128 valence electrons. The zero-order valence-corrected chi connectivity index (χ0v) is 13.4. The molecule has 0 spiro atoms. The molecule has 2 aliphatic heterocycles. The summed E-state index contributed by atoms with van der Waals surface area (Å²) < 4.78 is 37.9. The van der Waals surface area contributed by atoms with Crippen molar-refractivity contribution in [2.45, 2.75) is 37.8 Å². The zero-order chi connectivity index (χ0) is 16.3. The van der Waals surface area contributed by atoms with Crippen molar-refractivity contribution in [1.82, 2.24) is 10.2 Å². The fourth-order valence-corrected chi connectivity index (χ4v) is 3.84. The molecule has 1 N–H and O–H groups in total. The van der Waals surface area contributed by atoms with Gasteiger partial charge in [0.25, 0.3) is 0 Å². The van der Waals surface area contributed by atoms with Crippen molar-refractivity contribution in [3.63, 3.8) is 0 Å². The lowest BCUT2D eigenvalue weighted by Gasteiger charge is -2.35. The standard InChI is InChI=1S/C18H25F3N2/c19-18(20,21)17-5-3-15(4-6-17)16-7-10-23(11-8-16)13-14-2-1-9-22-12-14/h3-6,14,16,22H,1-2,7-13H2. The number of nitrogens with zero attached hydrogens (tertiary/aromatic N) is 1. The summed E-state index contributed by atoms with van der Waals surface area (Å²) in [7, 11) is 0. The molecular formula is C18H25F3N2. The number of piperidine rings is 2. The SMILES string of the molecule is FC(F)(F)c1ccc(C2CCN(CC3CCCNC3)CC2)cc1. The van der Waals surface area contributed by atoms with Crippen LogP contribution in [0.1, 0.15) is 42.7 Å². The molecule has 3 rings (SSSR count). The molecule has 2 saturated heterocycles. The van der Waals surface area contributed by atoms with Crippen molar-refractivity contribution >= 4 is 0 Å². The predicted octanol–water partition coefficient (Wildman–Crippen LogP) is 3.88. The number of hydrogen-bond donors (Lipinski definition) is 1. The highest BCUT2D eigenvalue weighted by Crippen LogP contribution is 2.33. The Bertz CT molecular complexity index is 484. The van der Waals surface area contributed by atoms with E-state index in [1.54, 1.807) is 12.1 Å². The third-order valence-corrected chi connectivity index (χ3v) is 5.21. The van der Waals surface area contributed by atoms with E-state index in [1.165, 1.54) is 25.0 Å². The van der Waals surface area contributed by atoms with Gasteiger partial charge in [-0.25, -0.2) is 0 Å². The zero-order valence-electron chi connectivity index (χ0n) is 13.4. The number of halogens is 3. The van der Waals surface area contributed by atoms with Crippen molar-refractivity contribution in [3.05, 3.63) is 35.4 Å². The average molecular weight is 326 g/mol. The summed E-state index contributed by atoms with van der Waals surface area (Å²) in [6.45, 7) is 5.54. The van der Waals surface area contributed by atoms with Crippen molar-refractivity contribution in [2.75, 3.05) is 32.7 Å². The van der Waals surface area contributed by atoms with Crippen LogP contribution in [0, 0.1) is 5.92 Å². The van der Waals surface area contributed by atoms with Crippen LogP contribution in [-0.2, 0) is 6.18 Å². The number of nitrogens with one attached hydrogen (secondary N) is 1. The summed E-state index contributed by atoms with van der Waals surface area (Å²) in [5.41, 5.74) is 0.500. The quantitative estimate of drug-likeness (QED) is 0.907. The molecule has 1 aromatic rings. The monoisotopic (exact) mass is 326 g/mol. The van der Waals surface area contributed by atoms with Crippen molar-refractivity contribution < 1.29 is 13.2 Å². The average Bonchev–Trinajstić information content (AvgIpc) is 2.56. The molecule has 1 aromatic carbocycles. The minimum atomic E-state index is -4.24. The van der Waals surface area contributed by atoms with E-state index >= 15 is 0 Å². The fourth-order valence-electron chi connectivity index (χ4n) is 3.84. The molecule has 0 aliphatic carbocycles. The highest BCUT2D eigenvalue weighted by molar-refractivity contribution is 5.27. The molecule has 0 amide bonds. The first-order valence-corrected chi connectivity index (χ1v) is 8.62. The first kappa shape index (κ1) is 16.8. The number of likely N-dealkylation sites (tertiary alicyclic amines) is 1. The number of rotatable bonds is 3. The van der Waals surface area contributed by atoms with Gasteiger partial charge in [-0.15, -0.1) is 0 Å². The van der Waals surface area contributed by atoms with E-state index in [-0.39, 0.29) is 0 Å².